The van der Waals surface area contributed by atoms with Gasteiger partial charge in [0.2, 0.25) is 0 Å². The van der Waals surface area contributed by atoms with Gasteiger partial charge >= 0.3 is 5.97 Å². The van der Waals surface area contributed by atoms with E-state index in [4.69, 9.17) is 15.1 Å². The molecule has 0 fully saturated rings. The Balaban J connectivity index is 0.000000627. The molecule has 4 heterocycles. The van der Waals surface area contributed by atoms with Crippen molar-refractivity contribution in [2.75, 3.05) is 4.90 Å². The van der Waals surface area contributed by atoms with Gasteiger partial charge in [-0.05, 0) is 117 Å². The van der Waals surface area contributed by atoms with Crippen LogP contribution >= 0.6 is 0 Å². The molecule has 6 nitrogen and oxygen atoms in total. The molecule has 0 aliphatic carbocycles. The maximum absolute atomic E-state index is 10.1. The van der Waals surface area contributed by atoms with Crippen LogP contribution in [-0.2, 0) is 25.5 Å². The number of carboxylic acids is 1. The number of aromatic carboxylic acids is 1. The maximum Gasteiger partial charge on any atom is 0.354 e. The van der Waals surface area contributed by atoms with Gasteiger partial charge in [0.1, 0.15) is 5.69 Å². The van der Waals surface area contributed by atoms with E-state index in [9.17, 15) is 4.79 Å². The minimum absolute atomic E-state index is 0. The Morgan fingerprint density at radius 2 is 1.10 bits per heavy atom. The van der Waals surface area contributed by atoms with Gasteiger partial charge in [0.05, 0.1) is 11.1 Å². The van der Waals surface area contributed by atoms with Crippen molar-refractivity contribution in [1.82, 2.24) is 15.0 Å². The normalized spacial score (nSPS) is 13.8. The molecule has 0 saturated carbocycles. The molecule has 9 aromatic rings. The Bertz CT molecular complexity index is 3130. The van der Waals surface area contributed by atoms with Crippen LogP contribution in [0.25, 0.3) is 33.5 Å². The number of rotatable bonds is 11. The number of aromatic nitrogens is 3. The predicted octanol–water partition coefficient (Wildman–Crippen LogP) is 16.5. The van der Waals surface area contributed by atoms with Crippen molar-refractivity contribution in [2.45, 2.75) is 84.5 Å². The minimum atomic E-state index is -0.990. The third-order valence-electron chi connectivity index (χ3n) is 13.6. The first-order valence-electron chi connectivity index (χ1n) is 24.7. The van der Waals surface area contributed by atoms with Crippen LogP contribution in [-0.4, -0.2) is 26.0 Å². The number of hydrogen-bond donors (Lipinski definition) is 1. The average Bonchev–Trinajstić information content (AvgIpc) is 3.40. The smallest absolute Gasteiger partial charge is 0.354 e. The summed E-state index contributed by atoms with van der Waals surface area (Å²) in [5, 5.41) is 8.32. The average molecular weight is 1120 g/mol. The summed E-state index contributed by atoms with van der Waals surface area (Å²) in [7, 11) is 0. The van der Waals surface area contributed by atoms with E-state index in [0.29, 0.717) is 23.7 Å². The van der Waals surface area contributed by atoms with Crippen LogP contribution in [0.5, 0.6) is 0 Å². The van der Waals surface area contributed by atoms with Crippen LogP contribution in [0.15, 0.2) is 188 Å². The molecule has 0 bridgehead atoms. The fourth-order valence-electron chi connectivity index (χ4n) is 10.3. The van der Waals surface area contributed by atoms with Gasteiger partial charge in [-0.15, -0.1) is 53.1 Å². The maximum atomic E-state index is 10.1. The fraction of sp³-hybridized carbons (Fsp3) is 0.200. The molecule has 0 saturated heterocycles. The van der Waals surface area contributed by atoms with Crippen molar-refractivity contribution in [2.24, 2.45) is 0 Å². The molecule has 0 unspecified atom stereocenters. The van der Waals surface area contributed by atoms with Crippen LogP contribution < -0.4 is 4.90 Å². The number of carboxylic acid groups (broad SMARTS) is 1. The van der Waals surface area contributed by atoms with Gasteiger partial charge in [0.25, 0.3) is 0 Å². The van der Waals surface area contributed by atoms with E-state index in [1.165, 1.54) is 51.2 Å². The minimum Gasteiger partial charge on any atom is -0.477 e. The van der Waals surface area contributed by atoms with Crippen molar-refractivity contribution in [3.63, 3.8) is 0 Å². The van der Waals surface area contributed by atoms with Gasteiger partial charge < -0.3 is 10.0 Å². The fourth-order valence-corrected chi connectivity index (χ4v) is 10.3. The second-order valence-corrected chi connectivity index (χ2v) is 19.5. The zero-order valence-electron chi connectivity index (χ0n) is 42.2. The molecule has 363 valence electrons. The van der Waals surface area contributed by atoms with Gasteiger partial charge in [-0.3, -0.25) is 9.97 Å². The summed E-state index contributed by atoms with van der Waals surface area (Å²) in [5.41, 5.74) is 18.4. The Morgan fingerprint density at radius 1 is 0.542 bits per heavy atom. The SMILES string of the molecule is CC(C)c1cccc(C(C)C)c1-c1c[c-]c2c(c1)N(c1ccccc1)c1cc(-c3c(C(C)C)cccc3C(C)C)ccc1[C@]2(c1ccccn1)c1cccc(-c2[c-]cccc2)n1.O=C(O)c1ccccn1.[Ir]. The van der Waals surface area contributed by atoms with Gasteiger partial charge in [-0.1, -0.05) is 158 Å². The number of pyridine rings is 3. The number of fused-ring (bicyclic) bond motifs is 2. The third-order valence-corrected chi connectivity index (χ3v) is 13.6. The van der Waals surface area contributed by atoms with E-state index in [0.717, 1.165) is 56.4 Å². The van der Waals surface area contributed by atoms with Crippen molar-refractivity contribution in [3.05, 3.63) is 251 Å². The first kappa shape index (κ1) is 51.1. The van der Waals surface area contributed by atoms with Gasteiger partial charge in [-0.25, -0.2) is 9.78 Å². The van der Waals surface area contributed by atoms with E-state index in [1.54, 1.807) is 12.1 Å². The summed E-state index contributed by atoms with van der Waals surface area (Å²) in [6.45, 7) is 18.4. The third kappa shape index (κ3) is 9.72. The Kier molecular flexibility index (Phi) is 15.6. The summed E-state index contributed by atoms with van der Waals surface area (Å²) in [6, 6.07) is 69.3. The summed E-state index contributed by atoms with van der Waals surface area (Å²) < 4.78 is 0. The first-order valence-corrected chi connectivity index (χ1v) is 24.7. The topological polar surface area (TPSA) is 79.2 Å². The standard InChI is InChI=1S/C59H55N3.C6H5NO2.Ir/c1-38(2)46-24-17-25-47(39(3)4)57(46)43-31-33-50-53(36-43)62(45-22-13-10-14-23-45)54-37-44(58-48(40(5)6)26-18-27-49(58)41(7)8)32-34-51(54)59(50,55-29-15-16-35-60-55)56-30-19-28-52(61-56)42-20-11-9-12-21-42;8-6(9)5-3-1-2-4-7-5;/h9-20,22-33,35-41H,1-8H3;1-4H,(H,8,9);/q-2;;/t59-;;/m0../s1. The van der Waals surface area contributed by atoms with Crippen LogP contribution in [0.1, 0.15) is 134 Å². The number of nitrogens with zero attached hydrogens (tertiary/aromatic N) is 4. The molecule has 0 spiro atoms. The zero-order chi connectivity index (χ0) is 49.8. The molecule has 1 atom stereocenters. The molecule has 1 aliphatic rings. The molecule has 1 N–H and O–H groups in total. The number of anilines is 3. The number of carbonyl (C=O) groups is 1. The number of para-hydroxylation sites is 1. The molecular weight excluding hydrogens is 1060 g/mol. The quantitative estimate of drug-likeness (QED) is 0.130. The van der Waals surface area contributed by atoms with Crippen LogP contribution in [0.2, 0.25) is 0 Å². The van der Waals surface area contributed by atoms with Crippen LogP contribution in [0, 0.1) is 12.1 Å². The Hall–Kier alpha value is -7.31. The van der Waals surface area contributed by atoms with Gasteiger partial charge in [-0.2, -0.15) is 12.1 Å². The number of hydrogen-bond acceptors (Lipinski definition) is 5. The molecule has 6 aromatic carbocycles. The molecule has 0 amide bonds. The van der Waals surface area contributed by atoms with Crippen LogP contribution in [0.4, 0.5) is 17.1 Å². The van der Waals surface area contributed by atoms with Gasteiger partial charge in [0.15, 0.2) is 0 Å². The van der Waals surface area contributed by atoms with Crippen molar-refractivity contribution >= 4 is 23.0 Å². The van der Waals surface area contributed by atoms with E-state index < -0.39 is 11.4 Å². The Labute approximate surface area is 439 Å². The molecule has 7 heteroatoms. The summed E-state index contributed by atoms with van der Waals surface area (Å²) in [4.78, 5) is 27.1. The molecule has 10 rings (SSSR count). The molecule has 72 heavy (non-hydrogen) atoms. The van der Waals surface area contributed by atoms with Crippen molar-refractivity contribution < 1.29 is 30.0 Å². The van der Waals surface area contributed by atoms with E-state index >= 15 is 0 Å². The van der Waals surface area contributed by atoms with E-state index in [2.05, 4.69) is 217 Å². The largest absolute Gasteiger partial charge is 0.477 e. The van der Waals surface area contributed by atoms with Crippen LogP contribution in [0.3, 0.4) is 0 Å². The van der Waals surface area contributed by atoms with Crippen molar-refractivity contribution in [3.8, 4) is 33.5 Å². The summed E-state index contributed by atoms with van der Waals surface area (Å²) in [6.07, 6.45) is 3.36. The second-order valence-electron chi connectivity index (χ2n) is 19.5. The molecule has 1 radical (unpaired) electrons. The second kappa shape index (κ2) is 22.0. The zero-order valence-corrected chi connectivity index (χ0v) is 44.6. The van der Waals surface area contributed by atoms with E-state index in [1.807, 2.05) is 24.4 Å². The predicted molar refractivity (Wildman–Crippen MR) is 290 cm³/mol. The summed E-state index contributed by atoms with van der Waals surface area (Å²) in [5.74, 6) is 0.356. The van der Waals surface area contributed by atoms with E-state index in [-0.39, 0.29) is 25.8 Å². The molecule has 3 aromatic heterocycles. The monoisotopic (exact) mass is 1120 g/mol. The summed E-state index contributed by atoms with van der Waals surface area (Å²) >= 11 is 0. The van der Waals surface area contributed by atoms with Crippen molar-refractivity contribution in [1.29, 1.82) is 0 Å². The van der Waals surface area contributed by atoms with Gasteiger partial charge in [0, 0.05) is 49.6 Å². The molecular formula is C65H60IrN4O2-2. The molecule has 1 aliphatic heterocycles. The first-order chi connectivity index (χ1) is 34.4. The number of benzene rings is 6. The Morgan fingerprint density at radius 3 is 1.64 bits per heavy atom.